The van der Waals surface area contributed by atoms with Crippen LogP contribution in [-0.2, 0) is 4.79 Å². The van der Waals surface area contributed by atoms with Gasteiger partial charge in [0.15, 0.2) is 0 Å². The first kappa shape index (κ1) is 19.1. The van der Waals surface area contributed by atoms with Gasteiger partial charge < -0.3 is 10.2 Å². The van der Waals surface area contributed by atoms with Gasteiger partial charge in [0.05, 0.1) is 10.0 Å². The smallest absolute Gasteiger partial charge is 0.251 e. The summed E-state index contributed by atoms with van der Waals surface area (Å²) in [4.78, 5) is 24.7. The van der Waals surface area contributed by atoms with Crippen LogP contribution < -0.4 is 10.2 Å². The highest BCUT2D eigenvalue weighted by atomic mass is 35.5. The summed E-state index contributed by atoms with van der Waals surface area (Å²) in [7, 11) is 0. The molecule has 0 unspecified atom stereocenters. The van der Waals surface area contributed by atoms with Gasteiger partial charge in [-0.1, -0.05) is 29.3 Å². The number of carbonyl (C=O) groups excluding carboxylic acids is 2. The van der Waals surface area contributed by atoms with Gasteiger partial charge in [-0.25, -0.2) is 8.78 Å². The number of amides is 2. The van der Waals surface area contributed by atoms with Crippen molar-refractivity contribution in [2.75, 3.05) is 18.0 Å². The maximum atomic E-state index is 13.8. The number of halogens is 4. The normalized spacial score (nSPS) is 10.4. The lowest BCUT2D eigenvalue weighted by Gasteiger charge is -2.22. The van der Waals surface area contributed by atoms with Crippen molar-refractivity contribution in [1.29, 1.82) is 0 Å². The molecule has 0 saturated carbocycles. The summed E-state index contributed by atoms with van der Waals surface area (Å²) in [6.45, 7) is 1.08. The monoisotopic (exact) mass is 386 g/mol. The maximum absolute atomic E-state index is 13.8. The molecule has 0 aliphatic carbocycles. The Hall–Kier alpha value is -2.18. The number of para-hydroxylation sites is 1. The van der Waals surface area contributed by atoms with E-state index in [0.29, 0.717) is 5.02 Å². The Morgan fingerprint density at radius 1 is 1.08 bits per heavy atom. The van der Waals surface area contributed by atoms with Crippen LogP contribution in [-0.4, -0.2) is 24.9 Å². The van der Waals surface area contributed by atoms with Gasteiger partial charge >= 0.3 is 0 Å². The maximum Gasteiger partial charge on any atom is 0.251 e. The van der Waals surface area contributed by atoms with Crippen molar-refractivity contribution in [3.63, 3.8) is 0 Å². The Bertz CT molecular complexity index is 795. The zero-order valence-corrected chi connectivity index (χ0v) is 14.7. The van der Waals surface area contributed by atoms with Crippen LogP contribution in [0.5, 0.6) is 0 Å². The molecule has 2 amide bonds. The van der Waals surface area contributed by atoms with Crippen molar-refractivity contribution in [3.05, 3.63) is 63.6 Å². The summed E-state index contributed by atoms with van der Waals surface area (Å²) in [5.41, 5.74) is -0.167. The molecule has 1 N–H and O–H groups in total. The van der Waals surface area contributed by atoms with E-state index in [4.69, 9.17) is 23.2 Å². The highest BCUT2D eigenvalue weighted by molar-refractivity contribution is 6.42. The molecule has 0 spiro atoms. The topological polar surface area (TPSA) is 49.4 Å². The zero-order valence-electron chi connectivity index (χ0n) is 13.2. The molecule has 0 atom stereocenters. The standard InChI is InChI=1S/C17H14Cl2F2N2O2/c1-10(24)23(16-14(20)3-2-4-15(16)21)8-7-22-17(25)11-5-6-12(18)13(19)9-11/h2-6,9H,7-8H2,1H3,(H,22,25). The third kappa shape index (κ3) is 4.67. The second-order valence-corrected chi connectivity index (χ2v) is 5.94. The molecule has 2 aromatic carbocycles. The molecule has 0 saturated heterocycles. The third-order valence-electron chi connectivity index (χ3n) is 3.39. The summed E-state index contributed by atoms with van der Waals surface area (Å²) >= 11 is 11.6. The van der Waals surface area contributed by atoms with Crippen LogP contribution in [0.15, 0.2) is 36.4 Å². The lowest BCUT2D eigenvalue weighted by Crippen LogP contribution is -2.38. The molecule has 2 rings (SSSR count). The molecule has 4 nitrogen and oxygen atoms in total. The van der Waals surface area contributed by atoms with Crippen molar-refractivity contribution in [2.24, 2.45) is 0 Å². The van der Waals surface area contributed by atoms with E-state index >= 15 is 0 Å². The number of nitrogens with one attached hydrogen (secondary N) is 1. The third-order valence-corrected chi connectivity index (χ3v) is 4.13. The zero-order chi connectivity index (χ0) is 18.6. The van der Waals surface area contributed by atoms with Crippen LogP contribution in [0.2, 0.25) is 10.0 Å². The first-order chi connectivity index (χ1) is 11.8. The molecule has 25 heavy (non-hydrogen) atoms. The number of hydrogen-bond acceptors (Lipinski definition) is 2. The highest BCUT2D eigenvalue weighted by Crippen LogP contribution is 2.24. The molecule has 2 aromatic rings. The van der Waals surface area contributed by atoms with E-state index in [9.17, 15) is 18.4 Å². The molecule has 8 heteroatoms. The Balaban J connectivity index is 2.06. The predicted octanol–water partition coefficient (Wildman–Crippen LogP) is 4.05. The number of anilines is 1. The molecule has 0 bridgehead atoms. The minimum absolute atomic E-state index is 0.00751. The van der Waals surface area contributed by atoms with Crippen LogP contribution in [0.3, 0.4) is 0 Å². The Kier molecular flexibility index (Phi) is 6.33. The SMILES string of the molecule is CC(=O)N(CCNC(=O)c1ccc(Cl)c(Cl)c1)c1c(F)cccc1F. The van der Waals surface area contributed by atoms with E-state index in [1.54, 1.807) is 0 Å². The second-order valence-electron chi connectivity index (χ2n) is 5.13. The number of nitrogens with zero attached hydrogens (tertiary/aromatic N) is 1. The van der Waals surface area contributed by atoms with Crippen molar-refractivity contribution in [3.8, 4) is 0 Å². The van der Waals surface area contributed by atoms with Gasteiger partial charge in [-0.05, 0) is 30.3 Å². The fraction of sp³-hybridized carbons (Fsp3) is 0.176. The van der Waals surface area contributed by atoms with Crippen molar-refractivity contribution >= 4 is 40.7 Å². The molecule has 132 valence electrons. The minimum Gasteiger partial charge on any atom is -0.350 e. The Morgan fingerprint density at radius 2 is 1.72 bits per heavy atom. The Labute approximate surface area is 153 Å². The van der Waals surface area contributed by atoms with Gasteiger partial charge in [0.2, 0.25) is 5.91 Å². The van der Waals surface area contributed by atoms with Gasteiger partial charge in [-0.2, -0.15) is 0 Å². The van der Waals surface area contributed by atoms with E-state index in [1.165, 1.54) is 31.2 Å². The lowest BCUT2D eigenvalue weighted by molar-refractivity contribution is -0.116. The van der Waals surface area contributed by atoms with Gasteiger partial charge in [0.25, 0.3) is 5.91 Å². The van der Waals surface area contributed by atoms with Crippen LogP contribution in [0.1, 0.15) is 17.3 Å². The van der Waals surface area contributed by atoms with Crippen molar-refractivity contribution in [2.45, 2.75) is 6.92 Å². The van der Waals surface area contributed by atoms with E-state index < -0.39 is 29.1 Å². The Morgan fingerprint density at radius 3 is 2.28 bits per heavy atom. The molecule has 0 radical (unpaired) electrons. The minimum atomic E-state index is -0.856. The largest absolute Gasteiger partial charge is 0.350 e. The quantitative estimate of drug-likeness (QED) is 0.842. The van der Waals surface area contributed by atoms with Crippen LogP contribution in [0.25, 0.3) is 0 Å². The van der Waals surface area contributed by atoms with Crippen molar-refractivity contribution in [1.82, 2.24) is 5.32 Å². The molecular weight excluding hydrogens is 373 g/mol. The number of rotatable bonds is 5. The average Bonchev–Trinajstić information content (AvgIpc) is 2.55. The second kappa shape index (κ2) is 8.27. The summed E-state index contributed by atoms with van der Waals surface area (Å²) in [6, 6.07) is 7.69. The lowest BCUT2D eigenvalue weighted by atomic mass is 10.2. The van der Waals surface area contributed by atoms with E-state index in [-0.39, 0.29) is 23.7 Å². The van der Waals surface area contributed by atoms with E-state index in [2.05, 4.69) is 5.32 Å². The average molecular weight is 387 g/mol. The summed E-state index contributed by atoms with van der Waals surface area (Å²) in [5, 5.41) is 3.11. The molecular formula is C17H14Cl2F2N2O2. The van der Waals surface area contributed by atoms with Crippen LogP contribution in [0, 0.1) is 11.6 Å². The number of carbonyl (C=O) groups is 2. The number of hydrogen-bond donors (Lipinski definition) is 1. The molecule has 0 fully saturated rings. The molecule has 0 heterocycles. The summed E-state index contributed by atoms with van der Waals surface area (Å²) in [5.74, 6) is -2.71. The van der Waals surface area contributed by atoms with Gasteiger partial charge in [0, 0.05) is 25.6 Å². The van der Waals surface area contributed by atoms with Gasteiger partial charge in [-0.15, -0.1) is 0 Å². The first-order valence-corrected chi connectivity index (χ1v) is 8.02. The number of benzene rings is 2. The van der Waals surface area contributed by atoms with E-state index in [0.717, 1.165) is 17.0 Å². The highest BCUT2D eigenvalue weighted by Gasteiger charge is 2.20. The fourth-order valence-electron chi connectivity index (χ4n) is 2.19. The summed E-state index contributed by atoms with van der Waals surface area (Å²) in [6.07, 6.45) is 0. The van der Waals surface area contributed by atoms with Crippen LogP contribution in [0.4, 0.5) is 14.5 Å². The van der Waals surface area contributed by atoms with Crippen molar-refractivity contribution < 1.29 is 18.4 Å². The van der Waals surface area contributed by atoms with E-state index in [1.807, 2.05) is 0 Å². The fourth-order valence-corrected chi connectivity index (χ4v) is 2.49. The summed E-state index contributed by atoms with van der Waals surface area (Å²) < 4.78 is 27.7. The molecule has 0 aliphatic heterocycles. The van der Waals surface area contributed by atoms with Crippen LogP contribution >= 0.6 is 23.2 Å². The predicted molar refractivity (Wildman–Crippen MR) is 93.2 cm³/mol. The van der Waals surface area contributed by atoms with Gasteiger partial charge in [-0.3, -0.25) is 9.59 Å². The van der Waals surface area contributed by atoms with Gasteiger partial charge in [0.1, 0.15) is 17.3 Å². The first-order valence-electron chi connectivity index (χ1n) is 7.26. The molecule has 0 aromatic heterocycles. The molecule has 0 aliphatic rings.